The number of para-hydroxylation sites is 1. The number of ether oxygens (including phenoxy) is 1. The molecule has 0 aliphatic heterocycles. The van der Waals surface area contributed by atoms with Gasteiger partial charge in [0.1, 0.15) is 5.75 Å². The van der Waals surface area contributed by atoms with Crippen LogP contribution < -0.4 is 10.1 Å². The van der Waals surface area contributed by atoms with Crippen molar-refractivity contribution in [1.82, 2.24) is 15.0 Å². The number of hydrogen-bond donors (Lipinski definition) is 1. The van der Waals surface area contributed by atoms with E-state index < -0.39 is 0 Å². The van der Waals surface area contributed by atoms with E-state index in [4.69, 9.17) is 16.3 Å². The van der Waals surface area contributed by atoms with E-state index in [1.165, 1.54) is 0 Å². The summed E-state index contributed by atoms with van der Waals surface area (Å²) in [4.78, 5) is 12.0. The zero-order valence-corrected chi connectivity index (χ0v) is 10.7. The van der Waals surface area contributed by atoms with Gasteiger partial charge in [0.25, 0.3) is 0 Å². The second-order valence-electron chi connectivity index (χ2n) is 3.55. The normalized spacial score (nSPS) is 10.1. The number of nitrogens with zero attached hydrogens (tertiary/aromatic N) is 3. The fourth-order valence-electron chi connectivity index (χ4n) is 1.29. The van der Waals surface area contributed by atoms with Crippen LogP contribution in [0.15, 0.2) is 30.3 Å². The molecule has 1 heterocycles. The molecule has 0 amide bonds. The number of benzene rings is 1. The largest absolute Gasteiger partial charge is 0.424 e. The van der Waals surface area contributed by atoms with E-state index in [1.54, 1.807) is 0 Å². The molecule has 1 aromatic heterocycles. The summed E-state index contributed by atoms with van der Waals surface area (Å²) in [6.45, 7) is 2.82. The van der Waals surface area contributed by atoms with Crippen molar-refractivity contribution < 1.29 is 4.74 Å². The smallest absolute Gasteiger partial charge is 0.328 e. The number of halogens is 1. The number of anilines is 1. The van der Waals surface area contributed by atoms with Crippen LogP contribution in [0.1, 0.15) is 13.3 Å². The Labute approximate surface area is 110 Å². The van der Waals surface area contributed by atoms with Crippen molar-refractivity contribution in [3.63, 3.8) is 0 Å². The minimum absolute atomic E-state index is 0.106. The lowest BCUT2D eigenvalue weighted by molar-refractivity contribution is 0.440. The Morgan fingerprint density at radius 3 is 2.67 bits per heavy atom. The van der Waals surface area contributed by atoms with Crippen molar-refractivity contribution in [3.05, 3.63) is 35.6 Å². The monoisotopic (exact) mass is 264 g/mol. The van der Waals surface area contributed by atoms with Crippen LogP contribution in [-0.4, -0.2) is 21.5 Å². The van der Waals surface area contributed by atoms with Crippen LogP contribution in [0.5, 0.6) is 11.8 Å². The highest BCUT2D eigenvalue weighted by Crippen LogP contribution is 2.19. The van der Waals surface area contributed by atoms with Crippen molar-refractivity contribution in [2.45, 2.75) is 13.3 Å². The highest BCUT2D eigenvalue weighted by atomic mass is 35.5. The topological polar surface area (TPSA) is 59.9 Å². The highest BCUT2D eigenvalue weighted by Gasteiger charge is 2.06. The summed E-state index contributed by atoms with van der Waals surface area (Å²) in [5.41, 5.74) is 0. The maximum Gasteiger partial charge on any atom is 0.328 e. The van der Waals surface area contributed by atoms with Crippen LogP contribution in [0.2, 0.25) is 5.28 Å². The van der Waals surface area contributed by atoms with Gasteiger partial charge < -0.3 is 10.1 Å². The minimum atomic E-state index is 0.106. The summed E-state index contributed by atoms with van der Waals surface area (Å²) in [6, 6.07) is 9.46. The number of aromatic nitrogens is 3. The summed E-state index contributed by atoms with van der Waals surface area (Å²) < 4.78 is 5.49. The Morgan fingerprint density at radius 2 is 1.94 bits per heavy atom. The average molecular weight is 265 g/mol. The summed E-state index contributed by atoms with van der Waals surface area (Å²) >= 11 is 5.81. The van der Waals surface area contributed by atoms with Crippen LogP contribution in [0, 0.1) is 0 Å². The van der Waals surface area contributed by atoms with Crippen LogP contribution in [0.3, 0.4) is 0 Å². The molecule has 5 nitrogen and oxygen atoms in total. The van der Waals surface area contributed by atoms with Crippen molar-refractivity contribution >= 4 is 17.5 Å². The zero-order chi connectivity index (χ0) is 12.8. The van der Waals surface area contributed by atoms with E-state index >= 15 is 0 Å². The quantitative estimate of drug-likeness (QED) is 0.899. The number of nitrogens with one attached hydrogen (secondary N) is 1. The first-order valence-electron chi connectivity index (χ1n) is 5.66. The molecule has 0 fully saturated rings. The van der Waals surface area contributed by atoms with Gasteiger partial charge in [0.2, 0.25) is 11.2 Å². The lowest BCUT2D eigenvalue weighted by Crippen LogP contribution is -2.06. The summed E-state index contributed by atoms with van der Waals surface area (Å²) in [6.07, 6.45) is 0.970. The van der Waals surface area contributed by atoms with E-state index in [1.807, 2.05) is 30.3 Å². The molecular formula is C12H13ClN4O. The van der Waals surface area contributed by atoms with Crippen molar-refractivity contribution in [3.8, 4) is 11.8 Å². The number of hydrogen-bond acceptors (Lipinski definition) is 5. The van der Waals surface area contributed by atoms with Crippen LogP contribution in [0.4, 0.5) is 5.95 Å². The fraction of sp³-hybridized carbons (Fsp3) is 0.250. The third kappa shape index (κ3) is 3.56. The SMILES string of the molecule is CCCNc1nc(Cl)nc(Oc2ccccc2)n1. The summed E-state index contributed by atoms with van der Waals surface area (Å²) in [5, 5.41) is 3.14. The number of rotatable bonds is 5. The third-order valence-corrected chi connectivity index (χ3v) is 2.24. The molecule has 0 unspecified atom stereocenters. The fourth-order valence-corrected chi connectivity index (χ4v) is 1.44. The predicted octanol–water partition coefficient (Wildman–Crippen LogP) is 3.14. The minimum Gasteiger partial charge on any atom is -0.424 e. The van der Waals surface area contributed by atoms with Gasteiger partial charge in [-0.05, 0) is 30.2 Å². The van der Waals surface area contributed by atoms with E-state index in [0.29, 0.717) is 11.7 Å². The summed E-state index contributed by atoms with van der Waals surface area (Å²) in [7, 11) is 0. The van der Waals surface area contributed by atoms with Gasteiger partial charge in [-0.2, -0.15) is 15.0 Å². The molecular weight excluding hydrogens is 252 g/mol. The van der Waals surface area contributed by atoms with Gasteiger partial charge in [-0.3, -0.25) is 0 Å². The summed E-state index contributed by atoms with van der Waals surface area (Å²) in [5.74, 6) is 1.07. The lowest BCUT2D eigenvalue weighted by Gasteiger charge is -2.06. The maximum atomic E-state index is 5.81. The van der Waals surface area contributed by atoms with Crippen LogP contribution >= 0.6 is 11.6 Å². The molecule has 2 rings (SSSR count). The van der Waals surface area contributed by atoms with Gasteiger partial charge in [-0.1, -0.05) is 25.1 Å². The molecule has 18 heavy (non-hydrogen) atoms. The van der Waals surface area contributed by atoms with E-state index in [2.05, 4.69) is 27.2 Å². The molecule has 0 saturated carbocycles. The Bertz CT molecular complexity index is 507. The second kappa shape index (κ2) is 6.16. The van der Waals surface area contributed by atoms with E-state index in [0.717, 1.165) is 13.0 Å². The Kier molecular flexibility index (Phi) is 4.30. The lowest BCUT2D eigenvalue weighted by atomic mass is 10.3. The first-order valence-corrected chi connectivity index (χ1v) is 6.04. The highest BCUT2D eigenvalue weighted by molar-refractivity contribution is 6.28. The van der Waals surface area contributed by atoms with Gasteiger partial charge in [0.05, 0.1) is 0 Å². The first kappa shape index (κ1) is 12.6. The maximum absolute atomic E-state index is 5.81. The second-order valence-corrected chi connectivity index (χ2v) is 3.89. The van der Waals surface area contributed by atoms with Gasteiger partial charge in [-0.25, -0.2) is 0 Å². The molecule has 0 saturated heterocycles. The first-order chi connectivity index (χ1) is 8.78. The van der Waals surface area contributed by atoms with Crippen molar-refractivity contribution in [2.75, 3.05) is 11.9 Å². The molecule has 2 aromatic rings. The van der Waals surface area contributed by atoms with Crippen molar-refractivity contribution in [2.24, 2.45) is 0 Å². The molecule has 6 heteroatoms. The Hall–Kier alpha value is -1.88. The molecule has 0 aliphatic rings. The van der Waals surface area contributed by atoms with Gasteiger partial charge in [0.15, 0.2) is 0 Å². The molecule has 0 bridgehead atoms. The molecule has 0 aliphatic carbocycles. The van der Waals surface area contributed by atoms with Gasteiger partial charge in [0, 0.05) is 6.54 Å². The predicted molar refractivity (Wildman–Crippen MR) is 70.1 cm³/mol. The molecule has 94 valence electrons. The Balaban J connectivity index is 2.15. The molecule has 1 N–H and O–H groups in total. The molecule has 0 atom stereocenters. The van der Waals surface area contributed by atoms with Gasteiger partial charge >= 0.3 is 6.01 Å². The third-order valence-electron chi connectivity index (χ3n) is 2.07. The van der Waals surface area contributed by atoms with Crippen LogP contribution in [-0.2, 0) is 0 Å². The van der Waals surface area contributed by atoms with Gasteiger partial charge in [-0.15, -0.1) is 0 Å². The standard InChI is InChI=1S/C12H13ClN4O/c1-2-8-14-11-15-10(13)16-12(17-11)18-9-6-4-3-5-7-9/h3-7H,2,8H2,1H3,(H,14,15,16,17). The molecule has 0 radical (unpaired) electrons. The van der Waals surface area contributed by atoms with E-state index in [-0.39, 0.29) is 11.3 Å². The molecule has 1 aromatic carbocycles. The molecule has 0 spiro atoms. The zero-order valence-electron chi connectivity index (χ0n) is 9.93. The van der Waals surface area contributed by atoms with Crippen molar-refractivity contribution in [1.29, 1.82) is 0 Å². The van der Waals surface area contributed by atoms with E-state index in [9.17, 15) is 0 Å². The average Bonchev–Trinajstić information content (AvgIpc) is 2.37. The van der Waals surface area contributed by atoms with Crippen LogP contribution in [0.25, 0.3) is 0 Å². The Morgan fingerprint density at radius 1 is 1.17 bits per heavy atom.